The number of hydrogen-bond donors (Lipinski definition) is 1. The molecule has 1 atom stereocenters. The maximum Gasteiger partial charge on any atom is 0.287 e. The lowest BCUT2D eigenvalue weighted by molar-refractivity contribution is -0.112. The number of hydrogen-bond acceptors (Lipinski definition) is 4. The third-order valence-electron chi connectivity index (χ3n) is 3.87. The Balaban J connectivity index is 2.35. The Morgan fingerprint density at radius 2 is 2.00 bits per heavy atom. The molecule has 1 aromatic carbocycles. The SMILES string of the molecule is COC1(CO)C(=O)n2c(cc3ccccc32)C(=O)N1C. The number of rotatable bonds is 2. The molecule has 2 heterocycles. The first-order chi connectivity index (χ1) is 9.56. The highest BCUT2D eigenvalue weighted by atomic mass is 16.5. The molecular formula is C14H14N2O4. The average molecular weight is 274 g/mol. The lowest BCUT2D eigenvalue weighted by Gasteiger charge is -2.41. The van der Waals surface area contributed by atoms with Crippen molar-refractivity contribution in [3.05, 3.63) is 36.0 Å². The first kappa shape index (κ1) is 12.8. The summed E-state index contributed by atoms with van der Waals surface area (Å²) < 4.78 is 6.50. The largest absolute Gasteiger partial charge is 0.391 e. The Morgan fingerprint density at radius 3 is 2.65 bits per heavy atom. The number of amides is 1. The number of methoxy groups -OCH3 is 1. The van der Waals surface area contributed by atoms with Gasteiger partial charge in [0.15, 0.2) is 0 Å². The van der Waals surface area contributed by atoms with Gasteiger partial charge in [-0.2, -0.15) is 0 Å². The summed E-state index contributed by atoms with van der Waals surface area (Å²) in [7, 11) is 2.75. The molecule has 20 heavy (non-hydrogen) atoms. The smallest absolute Gasteiger partial charge is 0.287 e. The van der Waals surface area contributed by atoms with Gasteiger partial charge >= 0.3 is 0 Å². The van der Waals surface area contributed by atoms with E-state index in [0.29, 0.717) is 5.52 Å². The Morgan fingerprint density at radius 1 is 1.30 bits per heavy atom. The van der Waals surface area contributed by atoms with Crippen molar-refractivity contribution in [2.45, 2.75) is 5.72 Å². The van der Waals surface area contributed by atoms with Crippen LogP contribution in [0.2, 0.25) is 0 Å². The number of carbonyl (C=O) groups is 2. The molecule has 104 valence electrons. The molecule has 0 aliphatic carbocycles. The number of aliphatic hydroxyl groups is 1. The number of benzene rings is 1. The van der Waals surface area contributed by atoms with Gasteiger partial charge in [-0.3, -0.25) is 14.2 Å². The number of para-hydroxylation sites is 1. The van der Waals surface area contributed by atoms with Crippen LogP contribution in [0.3, 0.4) is 0 Å². The summed E-state index contributed by atoms with van der Waals surface area (Å²) in [6.45, 7) is -0.601. The van der Waals surface area contributed by atoms with Crippen molar-refractivity contribution in [1.29, 1.82) is 0 Å². The van der Waals surface area contributed by atoms with Crippen LogP contribution in [0.4, 0.5) is 0 Å². The monoisotopic (exact) mass is 274 g/mol. The zero-order chi connectivity index (χ0) is 14.5. The van der Waals surface area contributed by atoms with E-state index in [-0.39, 0.29) is 11.6 Å². The van der Waals surface area contributed by atoms with E-state index < -0.39 is 18.2 Å². The van der Waals surface area contributed by atoms with Crippen LogP contribution >= 0.6 is 0 Å². The van der Waals surface area contributed by atoms with Crippen molar-refractivity contribution in [2.75, 3.05) is 20.8 Å². The minimum absolute atomic E-state index is 0.278. The molecule has 1 aliphatic rings. The van der Waals surface area contributed by atoms with Crippen LogP contribution in [0.15, 0.2) is 30.3 Å². The van der Waals surface area contributed by atoms with Gasteiger partial charge in [0, 0.05) is 19.5 Å². The predicted molar refractivity (Wildman–Crippen MR) is 71.5 cm³/mol. The van der Waals surface area contributed by atoms with Crippen LogP contribution in [0.25, 0.3) is 10.9 Å². The lowest BCUT2D eigenvalue weighted by Crippen LogP contribution is -2.64. The highest BCUT2D eigenvalue weighted by molar-refractivity contribution is 6.11. The fourth-order valence-electron chi connectivity index (χ4n) is 2.65. The summed E-state index contributed by atoms with van der Waals surface area (Å²) in [5, 5.41) is 10.4. The summed E-state index contributed by atoms with van der Waals surface area (Å²) in [6, 6.07) is 8.88. The predicted octanol–water partition coefficient (Wildman–Crippen LogP) is 0.702. The second kappa shape index (κ2) is 4.16. The van der Waals surface area contributed by atoms with Gasteiger partial charge in [0.05, 0.1) is 5.52 Å². The van der Waals surface area contributed by atoms with E-state index in [0.717, 1.165) is 10.3 Å². The van der Waals surface area contributed by atoms with Crippen molar-refractivity contribution >= 4 is 22.7 Å². The van der Waals surface area contributed by atoms with Gasteiger partial charge in [0.1, 0.15) is 12.3 Å². The molecule has 0 radical (unpaired) electrons. The van der Waals surface area contributed by atoms with E-state index in [1.54, 1.807) is 18.2 Å². The number of aromatic nitrogens is 1. The van der Waals surface area contributed by atoms with Gasteiger partial charge in [-0.15, -0.1) is 0 Å². The lowest BCUT2D eigenvalue weighted by atomic mass is 10.1. The van der Waals surface area contributed by atoms with Crippen LogP contribution in [0.1, 0.15) is 15.3 Å². The van der Waals surface area contributed by atoms with E-state index in [1.807, 2.05) is 12.1 Å². The van der Waals surface area contributed by atoms with Gasteiger partial charge < -0.3 is 14.7 Å². The number of carbonyl (C=O) groups excluding carboxylic acids is 2. The second-order valence-corrected chi connectivity index (χ2v) is 4.74. The Bertz CT molecular complexity index is 715. The number of nitrogens with zero attached hydrogens (tertiary/aromatic N) is 2. The fraction of sp³-hybridized carbons (Fsp3) is 0.286. The standard InChI is InChI=1S/C14H14N2O4/c1-15-12(18)11-7-9-5-3-4-6-10(9)16(11)13(19)14(15,8-17)20-2/h3-7,17H,8H2,1-2H3. The average Bonchev–Trinajstić information content (AvgIpc) is 2.86. The van der Waals surface area contributed by atoms with Crippen molar-refractivity contribution < 1.29 is 19.4 Å². The third-order valence-corrected chi connectivity index (χ3v) is 3.87. The maximum atomic E-state index is 12.7. The van der Waals surface area contributed by atoms with Gasteiger partial charge in [-0.25, -0.2) is 0 Å². The number of ether oxygens (including phenoxy) is 1. The van der Waals surface area contributed by atoms with Crippen molar-refractivity contribution in [2.24, 2.45) is 0 Å². The highest BCUT2D eigenvalue weighted by Crippen LogP contribution is 2.31. The third kappa shape index (κ3) is 1.35. The number of likely N-dealkylation sites (N-methyl/N-ethyl adjacent to an activating group) is 1. The van der Waals surface area contributed by atoms with Crippen LogP contribution in [0.5, 0.6) is 0 Å². The molecule has 1 N–H and O–H groups in total. The first-order valence-electron chi connectivity index (χ1n) is 6.16. The van der Waals surface area contributed by atoms with E-state index >= 15 is 0 Å². The zero-order valence-electron chi connectivity index (χ0n) is 11.2. The molecule has 1 unspecified atom stereocenters. The Hall–Kier alpha value is -2.18. The summed E-state index contributed by atoms with van der Waals surface area (Å²) in [5.74, 6) is -0.836. The minimum Gasteiger partial charge on any atom is -0.391 e. The summed E-state index contributed by atoms with van der Waals surface area (Å²) in [5.41, 5.74) is -0.769. The molecule has 3 rings (SSSR count). The Kier molecular flexibility index (Phi) is 2.67. The van der Waals surface area contributed by atoms with Gasteiger partial charge in [-0.05, 0) is 12.1 Å². The number of aliphatic hydroxyl groups excluding tert-OH is 1. The molecule has 0 spiro atoms. The van der Waals surface area contributed by atoms with E-state index in [1.165, 1.54) is 18.7 Å². The van der Waals surface area contributed by atoms with Gasteiger partial charge in [0.2, 0.25) is 5.72 Å². The molecule has 1 aliphatic heterocycles. The normalized spacial score (nSPS) is 22.4. The van der Waals surface area contributed by atoms with Crippen LogP contribution in [0, 0.1) is 0 Å². The van der Waals surface area contributed by atoms with Gasteiger partial charge in [0.25, 0.3) is 11.8 Å². The highest BCUT2D eigenvalue weighted by Gasteiger charge is 2.51. The van der Waals surface area contributed by atoms with Crippen molar-refractivity contribution in [3.8, 4) is 0 Å². The first-order valence-corrected chi connectivity index (χ1v) is 6.16. The molecule has 0 bridgehead atoms. The summed E-state index contributed by atoms with van der Waals surface area (Å²) in [4.78, 5) is 26.3. The fourth-order valence-corrected chi connectivity index (χ4v) is 2.65. The zero-order valence-corrected chi connectivity index (χ0v) is 11.2. The molecule has 2 aromatic rings. The molecule has 1 amide bonds. The van der Waals surface area contributed by atoms with Crippen molar-refractivity contribution in [1.82, 2.24) is 9.47 Å². The van der Waals surface area contributed by atoms with Crippen LogP contribution < -0.4 is 0 Å². The van der Waals surface area contributed by atoms with Crippen molar-refractivity contribution in [3.63, 3.8) is 0 Å². The second-order valence-electron chi connectivity index (χ2n) is 4.74. The van der Waals surface area contributed by atoms with Gasteiger partial charge in [-0.1, -0.05) is 18.2 Å². The molecule has 6 nitrogen and oxygen atoms in total. The molecule has 0 saturated carbocycles. The van der Waals surface area contributed by atoms with Crippen LogP contribution in [-0.2, 0) is 4.74 Å². The van der Waals surface area contributed by atoms with E-state index in [9.17, 15) is 14.7 Å². The number of fused-ring (bicyclic) bond motifs is 3. The summed E-state index contributed by atoms with van der Waals surface area (Å²) in [6.07, 6.45) is 0. The van der Waals surface area contributed by atoms with E-state index in [2.05, 4.69) is 0 Å². The minimum atomic E-state index is -1.67. The molecule has 6 heteroatoms. The molecular weight excluding hydrogens is 260 g/mol. The molecule has 0 saturated heterocycles. The van der Waals surface area contributed by atoms with E-state index in [4.69, 9.17) is 4.74 Å². The maximum absolute atomic E-state index is 12.7. The Labute approximate surface area is 115 Å². The topological polar surface area (TPSA) is 71.8 Å². The quantitative estimate of drug-likeness (QED) is 0.875. The summed E-state index contributed by atoms with van der Waals surface area (Å²) >= 11 is 0. The molecule has 1 aromatic heterocycles. The van der Waals surface area contributed by atoms with Crippen LogP contribution in [-0.4, -0.2) is 52.9 Å². The molecule has 0 fully saturated rings.